The third-order valence-corrected chi connectivity index (χ3v) is 4.78. The van der Waals surface area contributed by atoms with Crippen LogP contribution in [0.2, 0.25) is 0 Å². The Balaban J connectivity index is 2.35. The molecular formula is C20H28N6O4S. The summed E-state index contributed by atoms with van der Waals surface area (Å²) in [6, 6.07) is 8.17. The second-order valence-electron chi connectivity index (χ2n) is 6.88. The van der Waals surface area contributed by atoms with Crippen molar-refractivity contribution in [3.05, 3.63) is 47.4 Å². The second-order valence-corrected chi connectivity index (χ2v) is 7.56. The van der Waals surface area contributed by atoms with E-state index in [2.05, 4.69) is 20.0 Å². The van der Waals surface area contributed by atoms with Crippen molar-refractivity contribution in [2.75, 3.05) is 26.5 Å². The molecule has 1 atom stereocenters. The highest BCUT2D eigenvalue weighted by molar-refractivity contribution is 7.71. The van der Waals surface area contributed by atoms with Crippen LogP contribution in [0.25, 0.3) is 0 Å². The molecule has 0 aliphatic heterocycles. The SMILES string of the molecule is CC[C@@H](NC(=N)/C(=N\[SH](=O)=O)Nc1cccc(/C(=N/C)N(C)C)c1O)c1ccc(C)o1. The first-order valence-electron chi connectivity index (χ1n) is 9.56. The van der Waals surface area contributed by atoms with Gasteiger partial charge in [-0.2, -0.15) is 0 Å². The van der Waals surface area contributed by atoms with Gasteiger partial charge in [-0.05, 0) is 37.6 Å². The number of thiol groups is 1. The molecule has 10 nitrogen and oxygen atoms in total. The van der Waals surface area contributed by atoms with Gasteiger partial charge in [-0.15, -0.1) is 4.40 Å². The lowest BCUT2D eigenvalue weighted by molar-refractivity contribution is 0.424. The summed E-state index contributed by atoms with van der Waals surface area (Å²) in [5.74, 6) is 1.21. The molecule has 0 saturated heterocycles. The summed E-state index contributed by atoms with van der Waals surface area (Å²) >= 11 is 0. The fraction of sp³-hybridized carbons (Fsp3) is 0.350. The van der Waals surface area contributed by atoms with Crippen LogP contribution in [0.3, 0.4) is 0 Å². The summed E-state index contributed by atoms with van der Waals surface area (Å²) in [5, 5.41) is 24.8. The number of aromatic hydroxyl groups is 1. The van der Waals surface area contributed by atoms with Gasteiger partial charge in [0.25, 0.3) is 0 Å². The number of rotatable bonds is 6. The quantitative estimate of drug-likeness (QED) is 0.197. The molecule has 0 radical (unpaired) electrons. The van der Waals surface area contributed by atoms with Gasteiger partial charge in [-0.3, -0.25) is 10.4 Å². The van der Waals surface area contributed by atoms with Crippen LogP contribution in [0.4, 0.5) is 5.69 Å². The highest BCUT2D eigenvalue weighted by atomic mass is 32.2. The predicted molar refractivity (Wildman–Crippen MR) is 123 cm³/mol. The lowest BCUT2D eigenvalue weighted by atomic mass is 10.1. The zero-order chi connectivity index (χ0) is 23.1. The Hall–Kier alpha value is -3.34. The van der Waals surface area contributed by atoms with Gasteiger partial charge >= 0.3 is 0 Å². The second kappa shape index (κ2) is 10.6. The fourth-order valence-electron chi connectivity index (χ4n) is 2.99. The van der Waals surface area contributed by atoms with Crippen molar-refractivity contribution in [1.82, 2.24) is 10.2 Å². The number of phenolic OH excluding ortho intramolecular Hbond substituents is 1. The van der Waals surface area contributed by atoms with Crippen LogP contribution in [0.15, 0.2) is 44.1 Å². The van der Waals surface area contributed by atoms with Crippen LogP contribution in [-0.4, -0.2) is 57.1 Å². The molecule has 0 amide bonds. The summed E-state index contributed by atoms with van der Waals surface area (Å²) < 4.78 is 31.7. The van der Waals surface area contributed by atoms with Gasteiger partial charge in [0.15, 0.2) is 11.7 Å². The number of furan rings is 1. The van der Waals surface area contributed by atoms with Gasteiger partial charge in [0.05, 0.1) is 17.3 Å². The van der Waals surface area contributed by atoms with Crippen molar-refractivity contribution in [3.8, 4) is 5.75 Å². The standard InChI is InChI=1S/C20H28N6O4S/c1-6-14(16-11-10-12(2)30-16)23-18(21)19(25-31(28)29)24-15-9-7-8-13(17(15)27)20(22-3)26(4)5/h7-11,14,27,31H,6H2,1-5H3,(H2,21,23)(H,24,25,28,29)/b22-20-/t14-/m1/s1. The van der Waals surface area contributed by atoms with Crippen molar-refractivity contribution in [3.63, 3.8) is 0 Å². The smallest absolute Gasteiger partial charge is 0.245 e. The zero-order valence-corrected chi connectivity index (χ0v) is 19.0. The lowest BCUT2D eigenvalue weighted by Crippen LogP contribution is -2.37. The molecule has 0 aliphatic carbocycles. The highest BCUT2D eigenvalue weighted by Crippen LogP contribution is 2.29. The number of anilines is 1. The molecule has 168 valence electrons. The average molecular weight is 449 g/mol. The number of hydrogen-bond acceptors (Lipinski definition) is 6. The number of benzene rings is 1. The van der Waals surface area contributed by atoms with Crippen LogP contribution in [-0.2, 0) is 10.9 Å². The Labute approximate surface area is 183 Å². The lowest BCUT2D eigenvalue weighted by Gasteiger charge is -2.20. The molecule has 11 heteroatoms. The maximum Gasteiger partial charge on any atom is 0.245 e. The number of phenols is 1. The number of aryl methyl sites for hydroxylation is 1. The first-order valence-corrected chi connectivity index (χ1v) is 10.7. The van der Waals surface area contributed by atoms with E-state index in [0.717, 1.165) is 5.76 Å². The fourth-order valence-corrected chi connectivity index (χ4v) is 3.30. The maximum absolute atomic E-state index is 11.3. The van der Waals surface area contributed by atoms with Crippen LogP contribution in [0.5, 0.6) is 5.75 Å². The third-order valence-electron chi connectivity index (χ3n) is 4.42. The Bertz CT molecular complexity index is 1060. The van der Waals surface area contributed by atoms with Crippen molar-refractivity contribution >= 4 is 34.1 Å². The minimum Gasteiger partial charge on any atom is -0.505 e. The van der Waals surface area contributed by atoms with E-state index in [0.29, 0.717) is 23.6 Å². The van der Waals surface area contributed by atoms with Gasteiger partial charge in [0, 0.05) is 21.1 Å². The normalized spacial score (nSPS) is 13.2. The summed E-state index contributed by atoms with van der Waals surface area (Å²) in [6.07, 6.45) is 0.589. The van der Waals surface area contributed by atoms with Crippen molar-refractivity contribution in [2.24, 2.45) is 9.39 Å². The van der Waals surface area contributed by atoms with Gasteiger partial charge in [0.1, 0.15) is 23.1 Å². The van der Waals surface area contributed by atoms with Gasteiger partial charge in [-0.25, -0.2) is 8.42 Å². The van der Waals surface area contributed by atoms with E-state index in [1.54, 1.807) is 50.3 Å². The van der Waals surface area contributed by atoms with E-state index in [-0.39, 0.29) is 29.1 Å². The molecule has 2 aromatic rings. The molecule has 0 unspecified atom stereocenters. The summed E-state index contributed by atoms with van der Waals surface area (Å²) in [5.41, 5.74) is 0.630. The molecule has 1 aromatic heterocycles. The Morgan fingerprint density at radius 1 is 1.29 bits per heavy atom. The largest absolute Gasteiger partial charge is 0.505 e. The molecule has 0 saturated carbocycles. The predicted octanol–water partition coefficient (Wildman–Crippen LogP) is 2.29. The van der Waals surface area contributed by atoms with Gasteiger partial charge in [-0.1, -0.05) is 13.0 Å². The van der Waals surface area contributed by atoms with Crippen LogP contribution in [0.1, 0.15) is 36.5 Å². The Morgan fingerprint density at radius 3 is 2.52 bits per heavy atom. The monoisotopic (exact) mass is 448 g/mol. The first-order chi connectivity index (χ1) is 14.7. The molecule has 0 aliphatic rings. The molecular weight excluding hydrogens is 420 g/mol. The van der Waals surface area contributed by atoms with Crippen molar-refractivity contribution in [2.45, 2.75) is 26.3 Å². The zero-order valence-electron chi connectivity index (χ0n) is 18.1. The molecule has 0 fully saturated rings. The topological polar surface area (TPSA) is 143 Å². The average Bonchev–Trinajstić information content (AvgIpc) is 3.14. The van der Waals surface area contributed by atoms with Crippen LogP contribution < -0.4 is 10.6 Å². The van der Waals surface area contributed by atoms with Crippen molar-refractivity contribution in [1.29, 1.82) is 5.41 Å². The van der Waals surface area contributed by atoms with E-state index < -0.39 is 10.9 Å². The van der Waals surface area contributed by atoms with E-state index in [1.165, 1.54) is 0 Å². The summed E-state index contributed by atoms with van der Waals surface area (Å²) in [6.45, 7) is 3.72. The van der Waals surface area contributed by atoms with Crippen LogP contribution >= 0.6 is 0 Å². The number of aliphatic imine (C=N–C) groups is 1. The minimum atomic E-state index is -3.18. The Morgan fingerprint density at radius 2 is 2.00 bits per heavy atom. The number of nitrogens with zero attached hydrogens (tertiary/aromatic N) is 3. The van der Waals surface area contributed by atoms with Gasteiger partial charge in [0.2, 0.25) is 10.9 Å². The number of para-hydroxylation sites is 1. The molecule has 4 N–H and O–H groups in total. The first kappa shape index (κ1) is 23.9. The Kier molecular flexibility index (Phi) is 8.20. The number of hydrogen-bond donors (Lipinski definition) is 5. The third kappa shape index (κ3) is 6.07. The molecule has 31 heavy (non-hydrogen) atoms. The van der Waals surface area contributed by atoms with E-state index >= 15 is 0 Å². The van der Waals surface area contributed by atoms with Crippen LogP contribution in [0, 0.1) is 12.3 Å². The highest BCUT2D eigenvalue weighted by Gasteiger charge is 2.20. The van der Waals surface area contributed by atoms with E-state index in [4.69, 9.17) is 9.83 Å². The molecule has 0 spiro atoms. The number of amidine groups is 3. The van der Waals surface area contributed by atoms with Crippen molar-refractivity contribution < 1.29 is 17.9 Å². The van der Waals surface area contributed by atoms with Gasteiger partial charge < -0.3 is 25.1 Å². The molecule has 2 rings (SSSR count). The maximum atomic E-state index is 11.3. The van der Waals surface area contributed by atoms with E-state index in [9.17, 15) is 13.5 Å². The summed E-state index contributed by atoms with van der Waals surface area (Å²) in [7, 11) is 2.00. The van der Waals surface area contributed by atoms with E-state index in [1.807, 2.05) is 19.9 Å². The minimum absolute atomic E-state index is 0.146. The molecule has 0 bridgehead atoms. The molecule has 1 heterocycles. The number of nitrogens with one attached hydrogen (secondary N) is 3. The molecule has 1 aromatic carbocycles. The summed E-state index contributed by atoms with van der Waals surface area (Å²) in [4.78, 5) is 5.91.